The third kappa shape index (κ3) is 4.47. The smallest absolute Gasteiger partial charge is 0.268 e. The van der Waals surface area contributed by atoms with Gasteiger partial charge < -0.3 is 15.6 Å². The lowest BCUT2D eigenvalue weighted by atomic mass is 9.84. The molecule has 4 nitrogen and oxygen atoms in total. The van der Waals surface area contributed by atoms with Crippen molar-refractivity contribution in [2.45, 2.75) is 51.6 Å². The fourth-order valence-electron chi connectivity index (χ4n) is 2.98. The van der Waals surface area contributed by atoms with Crippen LogP contribution < -0.4 is 11.1 Å². The number of nitrogens with two attached hydrogens (primary N) is 1. The number of halogens is 2. The van der Waals surface area contributed by atoms with Crippen molar-refractivity contribution < 1.29 is 4.79 Å². The second-order valence-electron chi connectivity index (χ2n) is 5.90. The molecule has 1 aromatic rings. The van der Waals surface area contributed by atoms with Crippen LogP contribution in [0.4, 0.5) is 0 Å². The fourth-order valence-corrected chi connectivity index (χ4v) is 3.41. The van der Waals surface area contributed by atoms with E-state index in [9.17, 15) is 4.79 Å². The number of nitrogens with one attached hydrogen (secondary N) is 1. The Labute approximate surface area is 141 Å². The predicted octanol–water partition coefficient (Wildman–Crippen LogP) is 3.50. The van der Waals surface area contributed by atoms with Crippen molar-refractivity contribution in [3.63, 3.8) is 0 Å². The summed E-state index contributed by atoms with van der Waals surface area (Å²) in [5.74, 6) is 0.424. The highest BCUT2D eigenvalue weighted by atomic mass is 79.9. The van der Waals surface area contributed by atoms with Gasteiger partial charge in [-0.25, -0.2) is 0 Å². The Morgan fingerprint density at radius 3 is 2.76 bits per heavy atom. The molecule has 0 spiro atoms. The highest BCUT2D eigenvalue weighted by molar-refractivity contribution is 9.10. The maximum atomic E-state index is 12.5. The van der Waals surface area contributed by atoms with E-state index in [0.29, 0.717) is 18.2 Å². The summed E-state index contributed by atoms with van der Waals surface area (Å²) in [7, 11) is 0. The number of amides is 1. The van der Waals surface area contributed by atoms with Crippen LogP contribution in [0.25, 0.3) is 0 Å². The quantitative estimate of drug-likeness (QED) is 0.842. The van der Waals surface area contributed by atoms with E-state index in [-0.39, 0.29) is 30.4 Å². The summed E-state index contributed by atoms with van der Waals surface area (Å²) in [6.07, 6.45) is 6.52. The van der Waals surface area contributed by atoms with Crippen LogP contribution in [-0.2, 0) is 0 Å². The monoisotopic (exact) mass is 377 g/mol. The predicted molar refractivity (Wildman–Crippen MR) is 92.0 cm³/mol. The number of carbonyl (C=O) groups excluding carboxylic acids is 1. The minimum Gasteiger partial charge on any atom is -0.348 e. The summed E-state index contributed by atoms with van der Waals surface area (Å²) in [6, 6.07) is 2.37. The van der Waals surface area contributed by atoms with Gasteiger partial charge in [0.1, 0.15) is 5.69 Å². The Morgan fingerprint density at radius 1 is 1.48 bits per heavy atom. The van der Waals surface area contributed by atoms with Gasteiger partial charge in [0, 0.05) is 22.8 Å². The molecule has 6 heteroatoms. The summed E-state index contributed by atoms with van der Waals surface area (Å²) in [5, 5.41) is 3.18. The second-order valence-corrected chi connectivity index (χ2v) is 6.82. The Kier molecular flexibility index (Phi) is 7.24. The lowest BCUT2D eigenvalue weighted by molar-refractivity contribution is 0.0897. The Hall–Kier alpha value is -0.520. The number of aromatic nitrogens is 1. The van der Waals surface area contributed by atoms with Gasteiger partial charge in [-0.3, -0.25) is 4.79 Å². The molecule has 2 rings (SSSR count). The highest BCUT2D eigenvalue weighted by Gasteiger charge is 2.26. The minimum absolute atomic E-state index is 0. The van der Waals surface area contributed by atoms with Crippen molar-refractivity contribution in [3.05, 3.63) is 22.4 Å². The van der Waals surface area contributed by atoms with Gasteiger partial charge in [-0.2, -0.15) is 0 Å². The molecule has 120 valence electrons. The van der Waals surface area contributed by atoms with Gasteiger partial charge >= 0.3 is 0 Å². The zero-order valence-electron chi connectivity index (χ0n) is 12.6. The summed E-state index contributed by atoms with van der Waals surface area (Å²) in [5.41, 5.74) is 6.54. The number of nitrogens with zero attached hydrogens (tertiary/aromatic N) is 1. The largest absolute Gasteiger partial charge is 0.348 e. The Balaban J connectivity index is 0.00000220. The summed E-state index contributed by atoms with van der Waals surface area (Å²) < 4.78 is 2.94. The standard InChI is InChI=1S/C15H24BrN3O.ClH/c1-10(2)19-9-12(16)7-14(19)15(20)18-13-6-4-3-5-11(13)8-17;/h7,9-11,13H,3-6,8,17H2,1-2H3,(H,18,20);1H. The number of rotatable bonds is 4. The van der Waals surface area contributed by atoms with Gasteiger partial charge in [-0.15, -0.1) is 12.4 Å². The molecule has 1 aliphatic rings. The van der Waals surface area contributed by atoms with E-state index in [1.54, 1.807) is 0 Å². The molecule has 0 aromatic carbocycles. The first-order valence-corrected chi connectivity index (χ1v) is 8.20. The van der Waals surface area contributed by atoms with Crippen molar-refractivity contribution in [2.75, 3.05) is 6.54 Å². The van der Waals surface area contributed by atoms with Crippen LogP contribution in [0.15, 0.2) is 16.7 Å². The number of hydrogen-bond donors (Lipinski definition) is 2. The van der Waals surface area contributed by atoms with Gasteiger partial charge in [-0.05, 0) is 61.1 Å². The molecule has 3 N–H and O–H groups in total. The molecule has 21 heavy (non-hydrogen) atoms. The lowest BCUT2D eigenvalue weighted by Gasteiger charge is -2.31. The van der Waals surface area contributed by atoms with Crippen LogP contribution in [-0.4, -0.2) is 23.1 Å². The average Bonchev–Trinajstić information content (AvgIpc) is 2.82. The molecule has 0 saturated heterocycles. The van der Waals surface area contributed by atoms with Crippen LogP contribution in [0.3, 0.4) is 0 Å². The summed E-state index contributed by atoms with van der Waals surface area (Å²) in [4.78, 5) is 12.5. The molecule has 0 radical (unpaired) electrons. The van der Waals surface area contributed by atoms with Crippen LogP contribution in [0.2, 0.25) is 0 Å². The van der Waals surface area contributed by atoms with Gasteiger partial charge in [0.05, 0.1) is 0 Å². The molecular formula is C15H25BrClN3O. The van der Waals surface area contributed by atoms with Crippen LogP contribution in [0, 0.1) is 5.92 Å². The van der Waals surface area contributed by atoms with Crippen molar-refractivity contribution in [1.29, 1.82) is 0 Å². The Bertz CT molecular complexity index is 475. The lowest BCUT2D eigenvalue weighted by Crippen LogP contribution is -2.45. The highest BCUT2D eigenvalue weighted by Crippen LogP contribution is 2.25. The molecule has 1 fully saturated rings. The molecule has 1 aromatic heterocycles. The van der Waals surface area contributed by atoms with Gasteiger partial charge in [0.2, 0.25) is 0 Å². The molecule has 0 aliphatic heterocycles. The van der Waals surface area contributed by atoms with Crippen LogP contribution in [0.1, 0.15) is 56.1 Å². The van der Waals surface area contributed by atoms with E-state index in [1.807, 2.05) is 16.8 Å². The van der Waals surface area contributed by atoms with E-state index in [0.717, 1.165) is 17.3 Å². The fraction of sp³-hybridized carbons (Fsp3) is 0.667. The first-order valence-electron chi connectivity index (χ1n) is 7.41. The van der Waals surface area contributed by atoms with Crippen molar-refractivity contribution in [3.8, 4) is 0 Å². The van der Waals surface area contributed by atoms with E-state index in [4.69, 9.17) is 5.73 Å². The van der Waals surface area contributed by atoms with E-state index in [2.05, 4.69) is 35.1 Å². The molecule has 1 amide bonds. The number of carbonyl (C=O) groups is 1. The van der Waals surface area contributed by atoms with Gasteiger partial charge in [0.15, 0.2) is 0 Å². The van der Waals surface area contributed by atoms with E-state index < -0.39 is 0 Å². The maximum absolute atomic E-state index is 12.5. The number of hydrogen-bond acceptors (Lipinski definition) is 2. The third-order valence-corrected chi connectivity index (χ3v) is 4.57. The molecule has 1 heterocycles. The molecule has 2 atom stereocenters. The molecule has 2 unspecified atom stereocenters. The van der Waals surface area contributed by atoms with E-state index >= 15 is 0 Å². The van der Waals surface area contributed by atoms with Gasteiger partial charge in [0.25, 0.3) is 5.91 Å². The first kappa shape index (κ1) is 18.5. The SMILES string of the molecule is CC(C)n1cc(Br)cc1C(=O)NC1CCCCC1CN.Cl. The van der Waals surface area contributed by atoms with E-state index in [1.165, 1.54) is 12.8 Å². The van der Waals surface area contributed by atoms with Crippen LogP contribution in [0.5, 0.6) is 0 Å². The average molecular weight is 379 g/mol. The van der Waals surface area contributed by atoms with Crippen molar-refractivity contribution in [2.24, 2.45) is 11.7 Å². The van der Waals surface area contributed by atoms with Crippen LogP contribution >= 0.6 is 28.3 Å². The normalized spacial score (nSPS) is 22.0. The molecule has 1 aliphatic carbocycles. The minimum atomic E-state index is 0. The zero-order chi connectivity index (χ0) is 14.7. The molecule has 1 saturated carbocycles. The van der Waals surface area contributed by atoms with Crippen molar-refractivity contribution >= 4 is 34.2 Å². The third-order valence-electron chi connectivity index (χ3n) is 4.13. The van der Waals surface area contributed by atoms with Crippen molar-refractivity contribution in [1.82, 2.24) is 9.88 Å². The topological polar surface area (TPSA) is 60.0 Å². The second kappa shape index (κ2) is 8.20. The molecule has 0 bridgehead atoms. The first-order chi connectivity index (χ1) is 9.52. The zero-order valence-corrected chi connectivity index (χ0v) is 15.0. The maximum Gasteiger partial charge on any atom is 0.268 e. The summed E-state index contributed by atoms with van der Waals surface area (Å²) >= 11 is 3.45. The molecular weight excluding hydrogens is 354 g/mol. The summed E-state index contributed by atoms with van der Waals surface area (Å²) in [6.45, 7) is 4.80. The Morgan fingerprint density at radius 2 is 2.14 bits per heavy atom. The van der Waals surface area contributed by atoms with Gasteiger partial charge in [-0.1, -0.05) is 12.8 Å².